The van der Waals surface area contributed by atoms with Crippen molar-refractivity contribution in [2.75, 3.05) is 9.80 Å². The number of benzene rings is 11. The van der Waals surface area contributed by atoms with E-state index in [4.69, 9.17) is 0 Å². The van der Waals surface area contributed by atoms with E-state index in [2.05, 4.69) is 254 Å². The highest BCUT2D eigenvalue weighted by molar-refractivity contribution is 7.26. The van der Waals surface area contributed by atoms with Crippen LogP contribution in [0.4, 0.5) is 34.1 Å². The van der Waals surface area contributed by atoms with Crippen LogP contribution in [0.15, 0.2) is 231 Å². The summed E-state index contributed by atoms with van der Waals surface area (Å²) in [5.41, 5.74) is 14.2. The topological polar surface area (TPSA) is 6.48 Å². The van der Waals surface area contributed by atoms with Gasteiger partial charge in [0.25, 0.3) is 0 Å². The Morgan fingerprint density at radius 2 is 0.800 bits per heavy atom. The standard InChI is InChI=1S/C62H44N2S/c1-41-24-30-46(31-25-41)63(57-37-35-49(43-14-5-3-6-15-43)51-18-9-11-20-53(51)57)48-34-28-45-29-39-60-61(56(45)40-48)55-22-13-23-59(62(55)65-60)64(47-32-26-42(2)27-33-47)58-38-36-50(44-16-7-4-8-17-44)52-19-10-12-21-54(52)58/h3-40H,1-2H3. The molecule has 0 aliphatic heterocycles. The molecule has 0 saturated heterocycles. The molecule has 0 aliphatic carbocycles. The number of aryl methyl sites for hydroxylation is 2. The van der Waals surface area contributed by atoms with Crippen LogP contribution in [0.5, 0.6) is 0 Å². The van der Waals surface area contributed by atoms with E-state index in [0.29, 0.717) is 0 Å². The number of anilines is 6. The van der Waals surface area contributed by atoms with Gasteiger partial charge in [-0.1, -0.05) is 181 Å². The van der Waals surface area contributed by atoms with Crippen LogP contribution in [0.2, 0.25) is 0 Å². The molecule has 0 N–H and O–H groups in total. The molecule has 2 nitrogen and oxygen atoms in total. The predicted molar refractivity (Wildman–Crippen MR) is 282 cm³/mol. The van der Waals surface area contributed by atoms with Gasteiger partial charge < -0.3 is 9.80 Å². The Balaban J connectivity index is 1.07. The fourth-order valence-electron chi connectivity index (χ4n) is 9.82. The van der Waals surface area contributed by atoms with Gasteiger partial charge in [-0.05, 0) is 118 Å². The van der Waals surface area contributed by atoms with E-state index >= 15 is 0 Å². The molecule has 1 heterocycles. The Kier molecular flexibility index (Phi) is 9.51. The van der Waals surface area contributed by atoms with Crippen molar-refractivity contribution >= 4 is 98.0 Å². The Morgan fingerprint density at radius 3 is 1.38 bits per heavy atom. The van der Waals surface area contributed by atoms with Crippen molar-refractivity contribution in [2.24, 2.45) is 0 Å². The van der Waals surface area contributed by atoms with Crippen LogP contribution in [0, 0.1) is 13.8 Å². The normalized spacial score (nSPS) is 11.5. The molecule has 1 aromatic heterocycles. The Bertz CT molecular complexity index is 3720. The minimum Gasteiger partial charge on any atom is -0.310 e. The third kappa shape index (κ3) is 6.72. The van der Waals surface area contributed by atoms with Crippen molar-refractivity contribution in [3.8, 4) is 22.3 Å². The van der Waals surface area contributed by atoms with Gasteiger partial charge in [0.15, 0.2) is 0 Å². The summed E-state index contributed by atoms with van der Waals surface area (Å²) in [7, 11) is 0. The van der Waals surface area contributed by atoms with Crippen molar-refractivity contribution in [2.45, 2.75) is 13.8 Å². The lowest BCUT2D eigenvalue weighted by molar-refractivity contribution is 1.29. The first kappa shape index (κ1) is 38.7. The Hall–Kier alpha value is -7.98. The van der Waals surface area contributed by atoms with E-state index in [1.54, 1.807) is 0 Å². The fraction of sp³-hybridized carbons (Fsp3) is 0.0323. The van der Waals surface area contributed by atoms with Crippen LogP contribution >= 0.6 is 11.3 Å². The molecule has 308 valence electrons. The van der Waals surface area contributed by atoms with Gasteiger partial charge >= 0.3 is 0 Å². The first-order valence-electron chi connectivity index (χ1n) is 22.3. The molecule has 65 heavy (non-hydrogen) atoms. The molecule has 0 amide bonds. The predicted octanol–water partition coefficient (Wildman–Crippen LogP) is 18.4. The average Bonchev–Trinajstić information content (AvgIpc) is 3.76. The maximum Gasteiger partial charge on any atom is 0.0640 e. The zero-order valence-corrected chi connectivity index (χ0v) is 37.1. The number of fused-ring (bicyclic) bond motifs is 7. The quantitative estimate of drug-likeness (QED) is 0.150. The summed E-state index contributed by atoms with van der Waals surface area (Å²) in [6, 6.07) is 84.8. The zero-order chi connectivity index (χ0) is 43.4. The van der Waals surface area contributed by atoms with E-state index in [9.17, 15) is 0 Å². The summed E-state index contributed by atoms with van der Waals surface area (Å²) in [6.45, 7) is 4.31. The van der Waals surface area contributed by atoms with Crippen molar-refractivity contribution in [3.63, 3.8) is 0 Å². The fourth-order valence-corrected chi connectivity index (χ4v) is 11.0. The molecule has 0 fully saturated rings. The van der Waals surface area contributed by atoms with E-state index in [1.165, 1.54) is 91.6 Å². The molecule has 0 unspecified atom stereocenters. The summed E-state index contributed by atoms with van der Waals surface area (Å²) >= 11 is 1.88. The van der Waals surface area contributed by atoms with Gasteiger partial charge in [0.2, 0.25) is 0 Å². The van der Waals surface area contributed by atoms with Gasteiger partial charge in [0.05, 0.1) is 21.8 Å². The van der Waals surface area contributed by atoms with Crippen molar-refractivity contribution in [1.29, 1.82) is 0 Å². The van der Waals surface area contributed by atoms with Gasteiger partial charge in [-0.2, -0.15) is 0 Å². The molecule has 3 heteroatoms. The van der Waals surface area contributed by atoms with Crippen LogP contribution < -0.4 is 9.80 Å². The van der Waals surface area contributed by atoms with E-state index in [1.807, 2.05) is 11.3 Å². The average molecular weight is 849 g/mol. The van der Waals surface area contributed by atoms with Gasteiger partial charge in [-0.25, -0.2) is 0 Å². The summed E-state index contributed by atoms with van der Waals surface area (Å²) in [4.78, 5) is 4.92. The number of nitrogens with zero attached hydrogens (tertiary/aromatic N) is 2. The lowest BCUT2D eigenvalue weighted by Crippen LogP contribution is -2.11. The SMILES string of the molecule is Cc1ccc(N(c2ccc3ccc4sc5c(N(c6ccc(C)cc6)c6ccc(-c7ccccc7)c7ccccc67)cccc5c4c3c2)c2ccc(-c3ccccc3)c3ccccc23)cc1. The first-order chi connectivity index (χ1) is 32.1. The van der Waals surface area contributed by atoms with Crippen molar-refractivity contribution < 1.29 is 0 Å². The number of hydrogen-bond acceptors (Lipinski definition) is 3. The van der Waals surface area contributed by atoms with Crippen LogP contribution in [0.1, 0.15) is 11.1 Å². The lowest BCUT2D eigenvalue weighted by atomic mass is 9.96. The Morgan fingerprint density at radius 1 is 0.323 bits per heavy atom. The zero-order valence-electron chi connectivity index (χ0n) is 36.2. The number of thiophene rings is 1. The summed E-state index contributed by atoms with van der Waals surface area (Å²) in [5.74, 6) is 0. The molecule has 0 atom stereocenters. The lowest BCUT2D eigenvalue weighted by Gasteiger charge is -2.28. The van der Waals surface area contributed by atoms with Gasteiger partial charge in [-0.3, -0.25) is 0 Å². The minimum absolute atomic E-state index is 1.12. The second-order valence-corrected chi connectivity index (χ2v) is 18.1. The molecule has 12 aromatic rings. The Labute approximate surface area is 383 Å². The maximum atomic E-state index is 2.48. The summed E-state index contributed by atoms with van der Waals surface area (Å²) in [5, 5.41) is 9.88. The largest absolute Gasteiger partial charge is 0.310 e. The summed E-state index contributed by atoms with van der Waals surface area (Å²) < 4.78 is 2.53. The highest BCUT2D eigenvalue weighted by Gasteiger charge is 2.23. The van der Waals surface area contributed by atoms with Gasteiger partial charge in [0.1, 0.15) is 0 Å². The first-order valence-corrected chi connectivity index (χ1v) is 23.1. The van der Waals surface area contributed by atoms with E-state index in [-0.39, 0.29) is 0 Å². The highest BCUT2D eigenvalue weighted by atomic mass is 32.1. The molecule has 0 saturated carbocycles. The van der Waals surface area contributed by atoms with Crippen molar-refractivity contribution in [3.05, 3.63) is 242 Å². The minimum atomic E-state index is 1.12. The maximum absolute atomic E-state index is 2.48. The molecule has 11 aromatic carbocycles. The van der Waals surface area contributed by atoms with Crippen LogP contribution in [0.25, 0.3) is 74.7 Å². The van der Waals surface area contributed by atoms with Gasteiger partial charge in [-0.15, -0.1) is 11.3 Å². The monoisotopic (exact) mass is 848 g/mol. The third-order valence-electron chi connectivity index (χ3n) is 13.0. The summed E-state index contributed by atoms with van der Waals surface area (Å²) in [6.07, 6.45) is 0. The smallest absolute Gasteiger partial charge is 0.0640 e. The molecule has 0 aliphatic rings. The highest BCUT2D eigenvalue weighted by Crippen LogP contribution is 2.50. The molecule has 0 bridgehead atoms. The van der Waals surface area contributed by atoms with E-state index in [0.717, 1.165) is 28.4 Å². The molecular weight excluding hydrogens is 805 g/mol. The van der Waals surface area contributed by atoms with Crippen LogP contribution in [-0.2, 0) is 0 Å². The second kappa shape index (κ2) is 16.0. The van der Waals surface area contributed by atoms with Crippen molar-refractivity contribution in [1.82, 2.24) is 0 Å². The molecule has 0 spiro atoms. The van der Waals surface area contributed by atoms with E-state index < -0.39 is 0 Å². The number of hydrogen-bond donors (Lipinski definition) is 0. The van der Waals surface area contributed by atoms with Crippen LogP contribution in [-0.4, -0.2) is 0 Å². The third-order valence-corrected chi connectivity index (χ3v) is 14.2. The molecular formula is C62H44N2S. The molecule has 0 radical (unpaired) electrons. The second-order valence-electron chi connectivity index (χ2n) is 17.0. The van der Waals surface area contributed by atoms with Gasteiger partial charge in [0, 0.05) is 43.3 Å². The molecule has 12 rings (SSSR count). The van der Waals surface area contributed by atoms with Crippen LogP contribution in [0.3, 0.4) is 0 Å². The number of rotatable bonds is 8.